The molecule has 0 N–H and O–H groups in total. The second kappa shape index (κ2) is 9.27. The highest BCUT2D eigenvalue weighted by Crippen LogP contribution is 2.49. The van der Waals surface area contributed by atoms with Crippen molar-refractivity contribution in [3.63, 3.8) is 0 Å². The monoisotopic (exact) mass is 517 g/mol. The van der Waals surface area contributed by atoms with Crippen molar-refractivity contribution in [2.45, 2.75) is 44.5 Å². The Labute approximate surface area is 198 Å². The van der Waals surface area contributed by atoms with Crippen molar-refractivity contribution >= 4 is 8.32 Å². The number of pyridine rings is 1. The fourth-order valence-electron chi connectivity index (χ4n) is 3.62. The van der Waals surface area contributed by atoms with Crippen molar-refractivity contribution in [3.05, 3.63) is 83.7 Å². The van der Waals surface area contributed by atoms with Gasteiger partial charge in [-0.1, -0.05) is 24.3 Å². The number of nitrogens with zero attached hydrogens (tertiary/aromatic N) is 1. The van der Waals surface area contributed by atoms with Gasteiger partial charge in [-0.3, -0.25) is 4.98 Å². The summed E-state index contributed by atoms with van der Waals surface area (Å²) in [4.78, 5) is 3.86. The Hall–Kier alpha value is -2.92. The molecule has 0 fully saturated rings. The maximum absolute atomic E-state index is 15.9. The molecule has 3 nitrogen and oxygen atoms in total. The molecule has 11 heteroatoms. The standard InChI is InChI=1S/C24H22F7NO2Si/c1-22(34-35(2,3)4,19-11-8-17(25)13-20(19)26)23(27,28)21-12-7-16(14-32-21)15-5-9-18(10-6-15)33-24(29,30)31/h5-14H,1-4H3. The van der Waals surface area contributed by atoms with E-state index in [1.54, 1.807) is 19.6 Å². The van der Waals surface area contributed by atoms with Crippen LogP contribution in [0.1, 0.15) is 18.2 Å². The zero-order valence-corrected chi connectivity index (χ0v) is 20.2. The van der Waals surface area contributed by atoms with Gasteiger partial charge in [0.1, 0.15) is 23.1 Å². The third-order valence-corrected chi connectivity index (χ3v) is 6.08. The van der Waals surface area contributed by atoms with Crippen LogP contribution in [0, 0.1) is 11.6 Å². The van der Waals surface area contributed by atoms with Crippen LogP contribution in [0.3, 0.4) is 0 Å². The molecular weight excluding hydrogens is 495 g/mol. The smallest absolute Gasteiger partial charge is 0.406 e. The number of halogens is 7. The summed E-state index contributed by atoms with van der Waals surface area (Å²) in [6.07, 6.45) is -3.72. The summed E-state index contributed by atoms with van der Waals surface area (Å²) in [5, 5.41) is 0. The molecule has 3 rings (SSSR count). The first-order valence-electron chi connectivity index (χ1n) is 10.4. The summed E-state index contributed by atoms with van der Waals surface area (Å²) in [7, 11) is -2.70. The lowest BCUT2D eigenvalue weighted by Gasteiger charge is -2.41. The third-order valence-electron chi connectivity index (χ3n) is 5.06. The molecule has 0 saturated carbocycles. The molecule has 0 aliphatic heterocycles. The highest BCUT2D eigenvalue weighted by Gasteiger charge is 2.57. The fourth-order valence-corrected chi connectivity index (χ4v) is 5.08. The van der Waals surface area contributed by atoms with E-state index in [2.05, 4.69) is 9.72 Å². The Bertz CT molecular complexity index is 1180. The predicted octanol–water partition coefficient (Wildman–Crippen LogP) is 7.78. The average molecular weight is 518 g/mol. The lowest BCUT2D eigenvalue weighted by atomic mass is 9.86. The Balaban J connectivity index is 1.98. The van der Waals surface area contributed by atoms with Crippen molar-refractivity contribution in [2.75, 3.05) is 0 Å². The van der Waals surface area contributed by atoms with Crippen molar-refractivity contribution in [1.29, 1.82) is 0 Å². The number of aromatic nitrogens is 1. The minimum atomic E-state index is -4.84. The molecule has 0 bridgehead atoms. The number of rotatable bonds is 7. The first kappa shape index (κ1) is 26.7. The lowest BCUT2D eigenvalue weighted by molar-refractivity contribution is -0.274. The zero-order chi connectivity index (χ0) is 26.2. The van der Waals surface area contributed by atoms with E-state index < -0.39 is 54.8 Å². The van der Waals surface area contributed by atoms with Crippen LogP contribution in [-0.2, 0) is 15.9 Å². The van der Waals surface area contributed by atoms with Gasteiger partial charge in [-0.05, 0) is 56.4 Å². The van der Waals surface area contributed by atoms with Gasteiger partial charge in [-0.25, -0.2) is 8.78 Å². The van der Waals surface area contributed by atoms with Crippen LogP contribution in [0.25, 0.3) is 11.1 Å². The minimum absolute atomic E-state index is 0.351. The number of alkyl halides is 5. The summed E-state index contributed by atoms with van der Waals surface area (Å²) in [5.41, 5.74) is -2.97. The molecule has 0 aliphatic rings. The highest BCUT2D eigenvalue weighted by atomic mass is 28.4. The zero-order valence-electron chi connectivity index (χ0n) is 19.2. The Morgan fingerprint density at radius 3 is 1.89 bits per heavy atom. The summed E-state index contributed by atoms with van der Waals surface area (Å²) < 4.78 is 107. The summed E-state index contributed by atoms with van der Waals surface area (Å²) in [6, 6.07) is 9.47. The van der Waals surface area contributed by atoms with Crippen molar-refractivity contribution in [2.24, 2.45) is 0 Å². The molecule has 0 aliphatic carbocycles. The normalized spacial score (nSPS) is 14.5. The third kappa shape index (κ3) is 6.02. The van der Waals surface area contributed by atoms with Crippen LogP contribution in [0.4, 0.5) is 30.7 Å². The van der Waals surface area contributed by atoms with Crippen LogP contribution < -0.4 is 4.74 Å². The lowest BCUT2D eigenvalue weighted by Crippen LogP contribution is -2.50. The molecule has 1 atom stereocenters. The quantitative estimate of drug-likeness (QED) is 0.237. The van der Waals surface area contributed by atoms with Crippen molar-refractivity contribution < 1.29 is 39.9 Å². The van der Waals surface area contributed by atoms with E-state index in [4.69, 9.17) is 4.43 Å². The van der Waals surface area contributed by atoms with Crippen LogP contribution in [0.15, 0.2) is 60.8 Å². The van der Waals surface area contributed by atoms with Gasteiger partial charge in [0.15, 0.2) is 13.9 Å². The molecule has 0 spiro atoms. The van der Waals surface area contributed by atoms with E-state index in [-0.39, 0.29) is 0 Å². The maximum atomic E-state index is 15.9. The second-order valence-corrected chi connectivity index (χ2v) is 13.4. The number of hydrogen-bond donors (Lipinski definition) is 0. The van der Waals surface area contributed by atoms with E-state index >= 15 is 8.78 Å². The van der Waals surface area contributed by atoms with Crippen LogP contribution >= 0.6 is 0 Å². The van der Waals surface area contributed by atoms with Gasteiger partial charge in [-0.2, -0.15) is 8.78 Å². The Kier molecular flexibility index (Phi) is 7.06. The second-order valence-electron chi connectivity index (χ2n) is 8.95. The van der Waals surface area contributed by atoms with Crippen LogP contribution in [0.2, 0.25) is 19.6 Å². The first-order valence-corrected chi connectivity index (χ1v) is 13.8. The summed E-state index contributed by atoms with van der Waals surface area (Å²) in [6.45, 7) is 6.01. The van der Waals surface area contributed by atoms with Gasteiger partial charge in [0.25, 0.3) is 0 Å². The molecule has 188 valence electrons. The van der Waals surface area contributed by atoms with Gasteiger partial charge < -0.3 is 9.16 Å². The van der Waals surface area contributed by atoms with Gasteiger partial charge in [-0.15, -0.1) is 13.2 Å². The fraction of sp³-hybridized carbons (Fsp3) is 0.292. The van der Waals surface area contributed by atoms with Gasteiger partial charge in [0, 0.05) is 23.4 Å². The van der Waals surface area contributed by atoms with Gasteiger partial charge >= 0.3 is 12.3 Å². The highest BCUT2D eigenvalue weighted by molar-refractivity contribution is 6.69. The maximum Gasteiger partial charge on any atom is 0.573 e. The number of hydrogen-bond acceptors (Lipinski definition) is 3. The Morgan fingerprint density at radius 2 is 1.40 bits per heavy atom. The van der Waals surface area contributed by atoms with E-state index in [0.29, 0.717) is 17.2 Å². The molecule has 0 radical (unpaired) electrons. The van der Waals surface area contributed by atoms with Crippen LogP contribution in [-0.4, -0.2) is 19.7 Å². The molecule has 3 aromatic rings. The SMILES string of the molecule is CC(O[Si](C)(C)C)(c1ccc(F)cc1F)C(F)(F)c1ccc(-c2ccc(OC(F)(F)F)cc2)cn1. The molecule has 2 aromatic carbocycles. The van der Waals surface area contributed by atoms with E-state index in [0.717, 1.165) is 43.5 Å². The topological polar surface area (TPSA) is 31.4 Å². The molecule has 0 amide bonds. The van der Waals surface area contributed by atoms with Gasteiger partial charge in [0.05, 0.1) is 0 Å². The van der Waals surface area contributed by atoms with Crippen molar-refractivity contribution in [1.82, 2.24) is 4.98 Å². The van der Waals surface area contributed by atoms with E-state index in [1.807, 2.05) is 0 Å². The summed E-state index contributed by atoms with van der Waals surface area (Å²) >= 11 is 0. The van der Waals surface area contributed by atoms with E-state index in [9.17, 15) is 22.0 Å². The van der Waals surface area contributed by atoms with Gasteiger partial charge in [0.2, 0.25) is 0 Å². The average Bonchev–Trinajstić information content (AvgIpc) is 2.71. The number of ether oxygens (including phenoxy) is 1. The predicted molar refractivity (Wildman–Crippen MR) is 118 cm³/mol. The molecule has 1 heterocycles. The molecule has 35 heavy (non-hydrogen) atoms. The van der Waals surface area contributed by atoms with E-state index in [1.165, 1.54) is 18.2 Å². The number of benzene rings is 2. The van der Waals surface area contributed by atoms with Crippen LogP contribution in [0.5, 0.6) is 5.75 Å². The summed E-state index contributed by atoms with van der Waals surface area (Å²) in [5.74, 6) is -6.37. The molecule has 1 unspecified atom stereocenters. The Morgan fingerprint density at radius 1 is 0.800 bits per heavy atom. The van der Waals surface area contributed by atoms with Crippen molar-refractivity contribution in [3.8, 4) is 16.9 Å². The molecular formula is C24H22F7NO2Si. The largest absolute Gasteiger partial charge is 0.573 e. The first-order chi connectivity index (χ1) is 16.0. The minimum Gasteiger partial charge on any atom is -0.406 e. The molecule has 1 aromatic heterocycles. The molecule has 0 saturated heterocycles.